The molecule has 0 aliphatic carbocycles. The molecule has 0 amide bonds. The Labute approximate surface area is 121 Å². The van der Waals surface area contributed by atoms with Gasteiger partial charge in [0.25, 0.3) is 0 Å². The Bertz CT molecular complexity index is 359. The molecule has 1 rings (SSSR count). The highest BCUT2D eigenvalue weighted by atomic mass is 127. The molecule has 0 atom stereocenters. The first kappa shape index (κ1) is 16.2. The number of halogens is 1. The van der Waals surface area contributed by atoms with Crippen molar-refractivity contribution in [1.29, 1.82) is 0 Å². The van der Waals surface area contributed by atoms with Crippen LogP contribution in [0.4, 0.5) is 0 Å². The smallest absolute Gasteiger partial charge is 0.191 e. The summed E-state index contributed by atoms with van der Waals surface area (Å²) < 4.78 is 0. The predicted molar refractivity (Wildman–Crippen MR) is 84.8 cm³/mol. The Balaban J connectivity index is 0.00000256. The van der Waals surface area contributed by atoms with Crippen LogP contribution in [0.5, 0.6) is 0 Å². The summed E-state index contributed by atoms with van der Waals surface area (Å²) in [6.07, 6.45) is 0. The van der Waals surface area contributed by atoms with Gasteiger partial charge >= 0.3 is 0 Å². The number of aliphatic imine (C=N–C) groups is 1. The SMILES string of the molecule is CCN(CC)C(N)=NCc1ccccc1C.I. The van der Waals surface area contributed by atoms with Crippen LogP contribution in [0, 0.1) is 6.92 Å². The van der Waals surface area contributed by atoms with Gasteiger partial charge in [0.05, 0.1) is 6.54 Å². The Morgan fingerprint density at radius 3 is 2.35 bits per heavy atom. The average molecular weight is 347 g/mol. The van der Waals surface area contributed by atoms with Gasteiger partial charge < -0.3 is 10.6 Å². The molecular weight excluding hydrogens is 325 g/mol. The third-order valence-corrected chi connectivity index (χ3v) is 2.76. The van der Waals surface area contributed by atoms with Crippen LogP contribution in [0.25, 0.3) is 0 Å². The maximum atomic E-state index is 5.91. The van der Waals surface area contributed by atoms with Crippen molar-refractivity contribution in [2.24, 2.45) is 10.7 Å². The highest BCUT2D eigenvalue weighted by Crippen LogP contribution is 2.08. The summed E-state index contributed by atoms with van der Waals surface area (Å²) in [4.78, 5) is 6.47. The average Bonchev–Trinajstić information content (AvgIpc) is 2.29. The van der Waals surface area contributed by atoms with Crippen molar-refractivity contribution in [2.75, 3.05) is 13.1 Å². The van der Waals surface area contributed by atoms with Crippen LogP contribution in [0.15, 0.2) is 29.3 Å². The van der Waals surface area contributed by atoms with Crippen molar-refractivity contribution in [3.8, 4) is 0 Å². The lowest BCUT2D eigenvalue weighted by Crippen LogP contribution is -2.37. The van der Waals surface area contributed by atoms with E-state index in [9.17, 15) is 0 Å². The molecule has 1 aromatic carbocycles. The van der Waals surface area contributed by atoms with E-state index in [0.29, 0.717) is 12.5 Å². The van der Waals surface area contributed by atoms with Crippen LogP contribution in [0.2, 0.25) is 0 Å². The Morgan fingerprint density at radius 1 is 1.24 bits per heavy atom. The van der Waals surface area contributed by atoms with E-state index in [4.69, 9.17) is 5.73 Å². The summed E-state index contributed by atoms with van der Waals surface area (Å²) in [5.74, 6) is 0.633. The van der Waals surface area contributed by atoms with Crippen LogP contribution in [-0.2, 0) is 6.54 Å². The zero-order chi connectivity index (χ0) is 12.0. The maximum Gasteiger partial charge on any atom is 0.191 e. The fourth-order valence-corrected chi connectivity index (χ4v) is 1.60. The number of hydrogen-bond acceptors (Lipinski definition) is 1. The molecule has 0 aliphatic heterocycles. The highest BCUT2D eigenvalue weighted by Gasteiger charge is 2.02. The van der Waals surface area contributed by atoms with Gasteiger partial charge in [-0.1, -0.05) is 24.3 Å². The van der Waals surface area contributed by atoms with Crippen molar-refractivity contribution in [3.05, 3.63) is 35.4 Å². The molecule has 0 bridgehead atoms. The molecule has 0 heterocycles. The topological polar surface area (TPSA) is 41.6 Å². The molecular formula is C13H22IN3. The van der Waals surface area contributed by atoms with Crippen LogP contribution in [-0.4, -0.2) is 23.9 Å². The lowest BCUT2D eigenvalue weighted by Gasteiger charge is -2.19. The molecule has 4 heteroatoms. The monoisotopic (exact) mass is 347 g/mol. The summed E-state index contributed by atoms with van der Waals surface area (Å²) in [6, 6.07) is 8.26. The van der Waals surface area contributed by atoms with Gasteiger partial charge in [0.1, 0.15) is 0 Å². The second kappa shape index (κ2) is 8.33. The first-order valence-corrected chi connectivity index (χ1v) is 5.78. The van der Waals surface area contributed by atoms with Gasteiger partial charge in [-0.05, 0) is 31.9 Å². The minimum absolute atomic E-state index is 0. The maximum absolute atomic E-state index is 5.91. The summed E-state index contributed by atoms with van der Waals surface area (Å²) in [6.45, 7) is 8.73. The number of hydrogen-bond donors (Lipinski definition) is 1. The minimum atomic E-state index is 0. The van der Waals surface area contributed by atoms with E-state index in [0.717, 1.165) is 13.1 Å². The Kier molecular flexibility index (Phi) is 7.95. The molecule has 0 saturated heterocycles. The number of nitrogens with two attached hydrogens (primary N) is 1. The van der Waals surface area contributed by atoms with E-state index in [1.54, 1.807) is 0 Å². The van der Waals surface area contributed by atoms with Gasteiger partial charge in [0.2, 0.25) is 0 Å². The zero-order valence-corrected chi connectivity index (χ0v) is 13.1. The van der Waals surface area contributed by atoms with E-state index < -0.39 is 0 Å². The molecule has 3 nitrogen and oxygen atoms in total. The van der Waals surface area contributed by atoms with E-state index in [2.05, 4.69) is 42.8 Å². The van der Waals surface area contributed by atoms with Crippen molar-refractivity contribution in [1.82, 2.24) is 4.90 Å². The van der Waals surface area contributed by atoms with Crippen molar-refractivity contribution < 1.29 is 0 Å². The molecule has 0 aromatic heterocycles. The van der Waals surface area contributed by atoms with Crippen LogP contribution < -0.4 is 5.73 Å². The fourth-order valence-electron chi connectivity index (χ4n) is 1.60. The van der Waals surface area contributed by atoms with Gasteiger partial charge in [-0.25, -0.2) is 4.99 Å². The Hall–Kier alpha value is -0.780. The normalized spacial score (nSPS) is 10.9. The summed E-state index contributed by atoms with van der Waals surface area (Å²) in [7, 11) is 0. The molecule has 17 heavy (non-hydrogen) atoms. The molecule has 0 spiro atoms. The van der Waals surface area contributed by atoms with Gasteiger partial charge in [-0.3, -0.25) is 0 Å². The second-order valence-corrected chi connectivity index (χ2v) is 3.77. The molecule has 1 aromatic rings. The lowest BCUT2D eigenvalue weighted by molar-refractivity contribution is 0.458. The quantitative estimate of drug-likeness (QED) is 0.517. The second-order valence-electron chi connectivity index (χ2n) is 3.77. The summed E-state index contributed by atoms with van der Waals surface area (Å²) in [5.41, 5.74) is 8.41. The van der Waals surface area contributed by atoms with E-state index >= 15 is 0 Å². The zero-order valence-electron chi connectivity index (χ0n) is 10.8. The van der Waals surface area contributed by atoms with Crippen molar-refractivity contribution >= 4 is 29.9 Å². The van der Waals surface area contributed by atoms with Gasteiger partial charge in [-0.2, -0.15) is 0 Å². The number of nitrogens with zero attached hydrogens (tertiary/aromatic N) is 2. The van der Waals surface area contributed by atoms with Crippen molar-refractivity contribution in [3.63, 3.8) is 0 Å². The van der Waals surface area contributed by atoms with Crippen LogP contribution >= 0.6 is 24.0 Å². The molecule has 0 unspecified atom stereocenters. The fraction of sp³-hybridized carbons (Fsp3) is 0.462. The summed E-state index contributed by atoms with van der Waals surface area (Å²) in [5, 5.41) is 0. The molecule has 2 N–H and O–H groups in total. The molecule has 0 saturated carbocycles. The number of benzene rings is 1. The molecule has 96 valence electrons. The number of aryl methyl sites for hydroxylation is 1. The van der Waals surface area contributed by atoms with Gasteiger partial charge in [-0.15, -0.1) is 24.0 Å². The highest BCUT2D eigenvalue weighted by molar-refractivity contribution is 14.0. The molecule has 0 aliphatic rings. The molecule has 0 fully saturated rings. The Morgan fingerprint density at radius 2 is 1.82 bits per heavy atom. The third-order valence-electron chi connectivity index (χ3n) is 2.76. The summed E-state index contributed by atoms with van der Waals surface area (Å²) >= 11 is 0. The van der Waals surface area contributed by atoms with E-state index in [-0.39, 0.29) is 24.0 Å². The van der Waals surface area contributed by atoms with Crippen molar-refractivity contribution in [2.45, 2.75) is 27.3 Å². The lowest BCUT2D eigenvalue weighted by atomic mass is 10.1. The van der Waals surface area contributed by atoms with Gasteiger partial charge in [0, 0.05) is 13.1 Å². The largest absolute Gasteiger partial charge is 0.370 e. The third kappa shape index (κ3) is 4.93. The van der Waals surface area contributed by atoms with E-state index in [1.807, 2.05) is 12.1 Å². The van der Waals surface area contributed by atoms with Crippen LogP contribution in [0.3, 0.4) is 0 Å². The first-order chi connectivity index (χ1) is 7.69. The standard InChI is InChI=1S/C13H21N3.HI/c1-4-16(5-2)13(14)15-10-12-9-7-6-8-11(12)3;/h6-9H,4-5,10H2,1-3H3,(H2,14,15);1H. The minimum Gasteiger partial charge on any atom is -0.370 e. The van der Waals surface area contributed by atoms with Crippen LogP contribution in [0.1, 0.15) is 25.0 Å². The number of rotatable bonds is 4. The first-order valence-electron chi connectivity index (χ1n) is 5.78. The number of guanidine groups is 1. The molecule has 0 radical (unpaired) electrons. The van der Waals surface area contributed by atoms with Gasteiger partial charge in [0.15, 0.2) is 5.96 Å². The predicted octanol–water partition coefficient (Wildman–Crippen LogP) is 2.77. The van der Waals surface area contributed by atoms with E-state index in [1.165, 1.54) is 11.1 Å².